The van der Waals surface area contributed by atoms with Crippen molar-refractivity contribution in [2.75, 3.05) is 25.0 Å². The van der Waals surface area contributed by atoms with Gasteiger partial charge in [0.25, 0.3) is 0 Å². The highest BCUT2D eigenvalue weighted by molar-refractivity contribution is 6.43. The van der Waals surface area contributed by atoms with Gasteiger partial charge in [-0.15, -0.1) is 0 Å². The fraction of sp³-hybridized carbons (Fsp3) is 0.400. The molecule has 1 aromatic rings. The molecule has 0 aliphatic carbocycles. The minimum Gasteiger partial charge on any atom is -0.362 e. The van der Waals surface area contributed by atoms with E-state index in [2.05, 4.69) is 10.2 Å². The van der Waals surface area contributed by atoms with Crippen LogP contribution in [0.15, 0.2) is 18.2 Å². The molecule has 1 aliphatic rings. The van der Waals surface area contributed by atoms with E-state index in [1.54, 1.807) is 0 Å². The fourth-order valence-electron chi connectivity index (χ4n) is 1.60. The second kappa shape index (κ2) is 3.97. The van der Waals surface area contributed by atoms with E-state index >= 15 is 0 Å². The van der Waals surface area contributed by atoms with Crippen LogP contribution in [-0.2, 0) is 0 Å². The van der Waals surface area contributed by atoms with Crippen LogP contribution in [0.25, 0.3) is 0 Å². The first-order chi connectivity index (χ1) is 6.74. The van der Waals surface area contributed by atoms with Crippen LogP contribution >= 0.6 is 23.2 Å². The molecule has 0 amide bonds. The number of halogens is 2. The van der Waals surface area contributed by atoms with Crippen LogP contribution in [-0.4, -0.2) is 26.2 Å². The number of likely N-dealkylation sites (N-methyl/N-ethyl adjacent to an activating group) is 1. The third-order valence-corrected chi connectivity index (χ3v) is 3.20. The Morgan fingerprint density at radius 1 is 1.50 bits per heavy atom. The normalized spacial score (nSPS) is 19.9. The van der Waals surface area contributed by atoms with Crippen molar-refractivity contribution < 1.29 is 0 Å². The van der Waals surface area contributed by atoms with Crippen LogP contribution in [0.2, 0.25) is 10.0 Å². The molecule has 1 heterocycles. The van der Waals surface area contributed by atoms with Crippen LogP contribution in [0.3, 0.4) is 0 Å². The molecule has 1 fully saturated rings. The largest absolute Gasteiger partial charge is 0.362 e. The lowest BCUT2D eigenvalue weighted by atomic mass is 10.3. The van der Waals surface area contributed by atoms with Gasteiger partial charge in [-0.05, 0) is 19.2 Å². The Labute approximate surface area is 93.8 Å². The van der Waals surface area contributed by atoms with Gasteiger partial charge in [0.2, 0.25) is 0 Å². The molecule has 0 saturated carbocycles. The zero-order valence-corrected chi connectivity index (χ0v) is 9.44. The van der Waals surface area contributed by atoms with Crippen molar-refractivity contribution in [3.8, 4) is 0 Å². The molecule has 1 unspecified atom stereocenters. The number of hydrogen-bond donors (Lipinski definition) is 1. The minimum atomic E-state index is 0.566. The summed E-state index contributed by atoms with van der Waals surface area (Å²) in [5.74, 6) is 0. The first kappa shape index (κ1) is 10.1. The van der Waals surface area contributed by atoms with Gasteiger partial charge in [-0.2, -0.15) is 0 Å². The second-order valence-corrected chi connectivity index (χ2v) is 4.22. The van der Waals surface area contributed by atoms with Crippen LogP contribution in [0, 0.1) is 0 Å². The number of anilines is 1. The van der Waals surface area contributed by atoms with Gasteiger partial charge in [-0.1, -0.05) is 29.3 Å². The van der Waals surface area contributed by atoms with Crippen LogP contribution < -0.4 is 10.2 Å². The zero-order valence-electron chi connectivity index (χ0n) is 7.93. The molecule has 14 heavy (non-hydrogen) atoms. The molecule has 2 nitrogen and oxygen atoms in total. The van der Waals surface area contributed by atoms with Gasteiger partial charge in [-0.3, -0.25) is 0 Å². The van der Waals surface area contributed by atoms with Gasteiger partial charge >= 0.3 is 0 Å². The standard InChI is InChI=1S/C10H12Cl2N2/c1-13-5-7-6-14(7)9-4-2-3-8(11)10(9)12/h2-4,7,13H,5-6H2,1H3. The maximum Gasteiger partial charge on any atom is 0.0825 e. The Kier molecular flexibility index (Phi) is 2.86. The van der Waals surface area contributed by atoms with Gasteiger partial charge < -0.3 is 10.2 Å². The van der Waals surface area contributed by atoms with E-state index in [-0.39, 0.29) is 0 Å². The van der Waals surface area contributed by atoms with Crippen molar-refractivity contribution >= 4 is 28.9 Å². The number of hydrogen-bond acceptors (Lipinski definition) is 2. The third kappa shape index (κ3) is 1.83. The van der Waals surface area contributed by atoms with Crippen molar-refractivity contribution in [3.05, 3.63) is 28.2 Å². The maximum atomic E-state index is 6.10. The summed E-state index contributed by atoms with van der Waals surface area (Å²) in [7, 11) is 1.95. The lowest BCUT2D eigenvalue weighted by Gasteiger charge is -2.08. The highest BCUT2D eigenvalue weighted by Gasteiger charge is 2.34. The first-order valence-electron chi connectivity index (χ1n) is 4.59. The molecular formula is C10H12Cl2N2. The van der Waals surface area contributed by atoms with Gasteiger partial charge in [-0.25, -0.2) is 0 Å². The molecule has 1 aromatic carbocycles. The van der Waals surface area contributed by atoms with Gasteiger partial charge in [0.15, 0.2) is 0 Å². The van der Waals surface area contributed by atoms with Gasteiger partial charge in [0, 0.05) is 13.1 Å². The average Bonchev–Trinajstić information content (AvgIpc) is 2.90. The number of nitrogens with zero attached hydrogens (tertiary/aromatic N) is 1. The first-order valence-corrected chi connectivity index (χ1v) is 5.35. The molecule has 2 rings (SSSR count). The van der Waals surface area contributed by atoms with Crippen LogP contribution in [0.5, 0.6) is 0 Å². The molecule has 1 aliphatic heterocycles. The van der Waals surface area contributed by atoms with Crippen molar-refractivity contribution in [2.45, 2.75) is 6.04 Å². The third-order valence-electron chi connectivity index (χ3n) is 2.40. The smallest absolute Gasteiger partial charge is 0.0825 e. The Morgan fingerprint density at radius 2 is 2.29 bits per heavy atom. The summed E-state index contributed by atoms with van der Waals surface area (Å²) in [4.78, 5) is 2.24. The Balaban J connectivity index is 2.15. The molecule has 0 bridgehead atoms. The van der Waals surface area contributed by atoms with Crippen molar-refractivity contribution in [3.63, 3.8) is 0 Å². The van der Waals surface area contributed by atoms with E-state index in [0.717, 1.165) is 18.8 Å². The summed E-state index contributed by atoms with van der Waals surface area (Å²) >= 11 is 12.0. The average molecular weight is 231 g/mol. The lowest BCUT2D eigenvalue weighted by molar-refractivity contribution is 0.791. The highest BCUT2D eigenvalue weighted by atomic mass is 35.5. The Morgan fingerprint density at radius 3 is 3.00 bits per heavy atom. The second-order valence-electron chi connectivity index (χ2n) is 3.44. The van der Waals surface area contributed by atoms with Crippen molar-refractivity contribution in [1.29, 1.82) is 0 Å². The maximum absolute atomic E-state index is 6.10. The Hall–Kier alpha value is -0.440. The van der Waals surface area contributed by atoms with Gasteiger partial charge in [0.1, 0.15) is 0 Å². The molecular weight excluding hydrogens is 219 g/mol. The van der Waals surface area contributed by atoms with Crippen LogP contribution in [0.1, 0.15) is 0 Å². The SMILES string of the molecule is CNCC1CN1c1cccc(Cl)c1Cl. The van der Waals surface area contributed by atoms with Crippen LogP contribution in [0.4, 0.5) is 5.69 Å². The molecule has 76 valence electrons. The van der Waals surface area contributed by atoms with E-state index in [1.165, 1.54) is 0 Å². The predicted molar refractivity (Wildman–Crippen MR) is 61.5 cm³/mol. The summed E-state index contributed by atoms with van der Waals surface area (Å²) < 4.78 is 0. The summed E-state index contributed by atoms with van der Waals surface area (Å²) in [5, 5.41) is 4.43. The molecule has 1 saturated heterocycles. The summed E-state index contributed by atoms with van der Waals surface area (Å²) in [5.41, 5.74) is 1.04. The summed E-state index contributed by atoms with van der Waals surface area (Å²) in [6.45, 7) is 2.05. The van der Waals surface area contributed by atoms with Crippen molar-refractivity contribution in [2.24, 2.45) is 0 Å². The Bertz CT molecular complexity index is 341. The number of rotatable bonds is 3. The molecule has 0 radical (unpaired) electrons. The van der Waals surface area contributed by atoms with E-state index < -0.39 is 0 Å². The zero-order chi connectivity index (χ0) is 10.1. The molecule has 1 N–H and O–H groups in total. The summed E-state index contributed by atoms with van der Waals surface area (Å²) in [6.07, 6.45) is 0. The predicted octanol–water partition coefficient (Wildman–Crippen LogP) is 2.40. The fourth-order valence-corrected chi connectivity index (χ4v) is 2.00. The lowest BCUT2D eigenvalue weighted by Crippen LogP contribution is -2.17. The monoisotopic (exact) mass is 230 g/mol. The minimum absolute atomic E-state index is 0.566. The quantitative estimate of drug-likeness (QED) is 0.803. The van der Waals surface area contributed by atoms with Crippen molar-refractivity contribution in [1.82, 2.24) is 5.32 Å². The topological polar surface area (TPSA) is 15.0 Å². The number of benzene rings is 1. The molecule has 0 aromatic heterocycles. The highest BCUT2D eigenvalue weighted by Crippen LogP contribution is 2.37. The summed E-state index contributed by atoms with van der Waals surface area (Å²) in [6, 6.07) is 6.31. The van der Waals surface area contributed by atoms with E-state index in [4.69, 9.17) is 23.2 Å². The van der Waals surface area contributed by atoms with E-state index in [0.29, 0.717) is 16.1 Å². The number of nitrogens with one attached hydrogen (secondary N) is 1. The molecule has 0 spiro atoms. The van der Waals surface area contributed by atoms with E-state index in [1.807, 2.05) is 25.2 Å². The molecule has 1 atom stereocenters. The molecule has 4 heteroatoms. The van der Waals surface area contributed by atoms with Gasteiger partial charge in [0.05, 0.1) is 21.8 Å². The van der Waals surface area contributed by atoms with E-state index in [9.17, 15) is 0 Å².